The van der Waals surface area contributed by atoms with Crippen molar-refractivity contribution in [3.63, 3.8) is 0 Å². The molecule has 2 fully saturated rings. The van der Waals surface area contributed by atoms with Crippen LogP contribution in [0.3, 0.4) is 0 Å². The first-order valence-electron chi connectivity index (χ1n) is 13.6. The van der Waals surface area contributed by atoms with Crippen LogP contribution in [0.2, 0.25) is 0 Å². The second-order valence-corrected chi connectivity index (χ2v) is 10.7. The van der Waals surface area contributed by atoms with E-state index in [-0.39, 0.29) is 30.0 Å². The molecule has 2 saturated carbocycles. The number of alkyl halides is 1. The summed E-state index contributed by atoms with van der Waals surface area (Å²) in [7, 11) is 3.15. The Bertz CT molecular complexity index is 1470. The number of halogens is 2. The molecule has 2 aliphatic rings. The number of hydrogen-bond acceptors (Lipinski definition) is 8. The van der Waals surface area contributed by atoms with Crippen molar-refractivity contribution < 1.29 is 18.3 Å². The van der Waals surface area contributed by atoms with Crippen LogP contribution in [-0.4, -0.2) is 44.6 Å². The van der Waals surface area contributed by atoms with Gasteiger partial charge in [0.1, 0.15) is 18.0 Å². The predicted octanol–water partition coefficient (Wildman–Crippen LogP) is 5.31. The molecule has 0 aliphatic heterocycles. The number of allylic oxidation sites excluding steroid dienone is 1. The third-order valence-corrected chi connectivity index (χ3v) is 7.11. The van der Waals surface area contributed by atoms with E-state index in [9.17, 15) is 4.39 Å². The summed E-state index contributed by atoms with van der Waals surface area (Å²) in [6, 6.07) is 1.55. The Labute approximate surface area is 232 Å². The maximum absolute atomic E-state index is 15.3. The highest BCUT2D eigenvalue weighted by molar-refractivity contribution is 6.19. The molecule has 5 rings (SSSR count). The number of hydrogen-bond donors (Lipinski definition) is 1. The van der Waals surface area contributed by atoms with Gasteiger partial charge in [-0.3, -0.25) is 4.99 Å². The largest absolute Gasteiger partial charge is 0.481 e. The zero-order valence-electron chi connectivity index (χ0n) is 23.5. The maximum atomic E-state index is 15.3. The number of aromatic nitrogens is 5. The summed E-state index contributed by atoms with van der Waals surface area (Å²) in [6.45, 7) is 4.88. The van der Waals surface area contributed by atoms with Gasteiger partial charge in [0.2, 0.25) is 11.8 Å². The second kappa shape index (κ2) is 10.9. The Balaban J connectivity index is 1.41. The fourth-order valence-electron chi connectivity index (χ4n) is 4.49. The minimum atomic E-state index is -1.64. The molecule has 0 unspecified atom stereocenters. The summed E-state index contributed by atoms with van der Waals surface area (Å²) in [5, 5.41) is 0. The number of ether oxygens (including phenoxy) is 2. The van der Waals surface area contributed by atoms with Crippen molar-refractivity contribution in [1.82, 2.24) is 24.5 Å². The molecule has 2 N–H and O–H groups in total. The van der Waals surface area contributed by atoms with Gasteiger partial charge in [0.25, 0.3) is 0 Å². The predicted molar refractivity (Wildman–Crippen MR) is 148 cm³/mol. The molecule has 2 aliphatic carbocycles. The molecule has 0 atom stereocenters. The van der Waals surface area contributed by atoms with E-state index >= 15 is 4.39 Å². The number of pyridine rings is 1. The highest BCUT2D eigenvalue weighted by Gasteiger charge is 2.33. The number of aryl methyl sites for hydroxylation is 1. The highest BCUT2D eigenvalue weighted by Crippen LogP contribution is 2.40. The van der Waals surface area contributed by atoms with Crippen molar-refractivity contribution in [1.29, 1.82) is 0 Å². The zero-order chi connectivity index (χ0) is 28.6. The number of rotatable bonds is 10. The van der Waals surface area contributed by atoms with Gasteiger partial charge in [0, 0.05) is 48.5 Å². The van der Waals surface area contributed by atoms with Crippen molar-refractivity contribution in [2.45, 2.75) is 71.2 Å². The van der Waals surface area contributed by atoms with E-state index in [1.807, 2.05) is 11.5 Å². The standard InChI is InChI=1S/C29H35F2N7O2/c1-6-17-13-35-25(22(28(33-4)39-5)23(32)18-7-8-18)37-27(17)40-15-16-11-20(30)24(34-12-16)26-36-21(29(2,3)31)14-38(26)19-9-10-19/h11-14,18-19H,6-10,15,32H2,1-5H3/b23-22-,33-28?. The summed E-state index contributed by atoms with van der Waals surface area (Å²) in [5.41, 5.74) is 7.65. The van der Waals surface area contributed by atoms with E-state index in [2.05, 4.69) is 24.9 Å². The lowest BCUT2D eigenvalue weighted by Crippen LogP contribution is -2.16. The monoisotopic (exact) mass is 551 g/mol. The molecule has 3 aromatic heterocycles. The van der Waals surface area contributed by atoms with Crippen molar-refractivity contribution in [3.05, 3.63) is 58.8 Å². The lowest BCUT2D eigenvalue weighted by molar-refractivity contribution is 0.215. The Morgan fingerprint density at radius 2 is 1.93 bits per heavy atom. The van der Waals surface area contributed by atoms with Crippen LogP contribution in [0.25, 0.3) is 17.1 Å². The van der Waals surface area contributed by atoms with Gasteiger partial charge < -0.3 is 19.8 Å². The minimum absolute atomic E-state index is 0.0314. The van der Waals surface area contributed by atoms with Crippen molar-refractivity contribution in [3.8, 4) is 17.4 Å². The first-order chi connectivity index (χ1) is 19.1. The number of nitrogens with two attached hydrogens (primary N) is 1. The number of imidazole rings is 1. The van der Waals surface area contributed by atoms with Gasteiger partial charge in [-0.1, -0.05) is 6.92 Å². The topological polar surface area (TPSA) is 113 Å². The highest BCUT2D eigenvalue weighted by atomic mass is 19.1. The van der Waals surface area contributed by atoms with Gasteiger partial charge in [-0.25, -0.2) is 23.7 Å². The van der Waals surface area contributed by atoms with Gasteiger partial charge >= 0.3 is 0 Å². The molecule has 40 heavy (non-hydrogen) atoms. The van der Waals surface area contributed by atoms with Crippen LogP contribution < -0.4 is 10.5 Å². The fourth-order valence-corrected chi connectivity index (χ4v) is 4.49. The molecule has 3 aromatic rings. The average molecular weight is 552 g/mol. The molecule has 3 heterocycles. The quantitative estimate of drug-likeness (QED) is 0.268. The average Bonchev–Trinajstić information content (AvgIpc) is 3.87. The maximum Gasteiger partial charge on any atom is 0.221 e. The fraction of sp³-hybridized carbons (Fsp3) is 0.483. The molecular formula is C29H35F2N7O2. The Morgan fingerprint density at radius 1 is 1.18 bits per heavy atom. The first kappa shape index (κ1) is 27.7. The van der Waals surface area contributed by atoms with E-state index in [1.165, 1.54) is 27.0 Å². The number of aliphatic imine (C=N–C) groups is 1. The molecule has 11 heteroatoms. The van der Waals surface area contributed by atoms with E-state index in [0.29, 0.717) is 46.7 Å². The van der Waals surface area contributed by atoms with Crippen LogP contribution in [0.1, 0.15) is 75.1 Å². The van der Waals surface area contributed by atoms with Gasteiger partial charge in [-0.2, -0.15) is 4.98 Å². The Hall–Kier alpha value is -3.89. The molecule has 212 valence electrons. The summed E-state index contributed by atoms with van der Waals surface area (Å²) in [5.74, 6) is 1.10. The third-order valence-electron chi connectivity index (χ3n) is 7.11. The van der Waals surface area contributed by atoms with Crippen molar-refractivity contribution in [2.24, 2.45) is 16.6 Å². The van der Waals surface area contributed by atoms with Crippen LogP contribution in [0, 0.1) is 11.7 Å². The van der Waals surface area contributed by atoms with Gasteiger partial charge in [0.05, 0.1) is 18.4 Å². The normalized spacial score (nSPS) is 16.6. The number of methoxy groups -OCH3 is 1. The van der Waals surface area contributed by atoms with Crippen LogP contribution in [-0.2, 0) is 23.4 Å². The molecule has 0 bridgehead atoms. The summed E-state index contributed by atoms with van der Waals surface area (Å²) >= 11 is 0. The molecular weight excluding hydrogens is 516 g/mol. The second-order valence-electron chi connectivity index (χ2n) is 10.7. The van der Waals surface area contributed by atoms with E-state index in [1.54, 1.807) is 25.6 Å². The van der Waals surface area contributed by atoms with Crippen molar-refractivity contribution >= 4 is 11.5 Å². The molecule has 0 saturated heterocycles. The summed E-state index contributed by atoms with van der Waals surface area (Å²) in [4.78, 5) is 22.2. The first-order valence-corrected chi connectivity index (χ1v) is 13.6. The van der Waals surface area contributed by atoms with Gasteiger partial charge in [0.15, 0.2) is 17.5 Å². The van der Waals surface area contributed by atoms with Crippen LogP contribution in [0.15, 0.2) is 35.3 Å². The minimum Gasteiger partial charge on any atom is -0.481 e. The van der Waals surface area contributed by atoms with E-state index < -0.39 is 11.5 Å². The lowest BCUT2D eigenvalue weighted by Gasteiger charge is -2.15. The van der Waals surface area contributed by atoms with Gasteiger partial charge in [-0.05, 0) is 57.9 Å². The molecule has 0 amide bonds. The molecule has 0 aromatic carbocycles. The van der Waals surface area contributed by atoms with E-state index in [0.717, 1.165) is 31.2 Å². The number of nitrogens with zero attached hydrogens (tertiary/aromatic N) is 6. The zero-order valence-corrected chi connectivity index (χ0v) is 23.5. The van der Waals surface area contributed by atoms with Crippen LogP contribution in [0.4, 0.5) is 8.78 Å². The summed E-state index contributed by atoms with van der Waals surface area (Å²) in [6.07, 6.45) is 9.43. The molecule has 9 nitrogen and oxygen atoms in total. The Kier molecular flexibility index (Phi) is 7.57. The van der Waals surface area contributed by atoms with Crippen LogP contribution >= 0.6 is 0 Å². The van der Waals surface area contributed by atoms with Crippen molar-refractivity contribution in [2.75, 3.05) is 14.2 Å². The molecule has 0 spiro atoms. The molecule has 0 radical (unpaired) electrons. The third kappa shape index (κ3) is 5.68. The summed E-state index contributed by atoms with van der Waals surface area (Å²) < 4.78 is 43.3. The van der Waals surface area contributed by atoms with Crippen LogP contribution in [0.5, 0.6) is 5.88 Å². The van der Waals surface area contributed by atoms with E-state index in [4.69, 9.17) is 15.2 Å². The lowest BCUT2D eigenvalue weighted by atomic mass is 10.1. The Morgan fingerprint density at radius 3 is 2.50 bits per heavy atom. The SMILES string of the molecule is CCc1cnc(/C(C(=NC)OC)=C(/N)C2CC2)nc1OCc1cnc(-c2nc(C(C)(C)F)cn2C2CC2)c(F)c1. The van der Waals surface area contributed by atoms with Gasteiger partial charge in [-0.15, -0.1) is 0 Å². The smallest absolute Gasteiger partial charge is 0.221 e.